The van der Waals surface area contributed by atoms with Crippen LogP contribution in [-0.2, 0) is 9.59 Å². The van der Waals surface area contributed by atoms with E-state index in [1.807, 2.05) is 0 Å². The van der Waals surface area contributed by atoms with Gasteiger partial charge in [0.25, 0.3) is 0 Å². The van der Waals surface area contributed by atoms with Gasteiger partial charge in [-0.2, -0.15) is 0 Å². The topological polar surface area (TPSA) is 60.2 Å². The molecular formula is C6H8NO2. The summed E-state index contributed by atoms with van der Waals surface area (Å²) < 4.78 is 0. The lowest BCUT2D eigenvalue weighted by Gasteiger charge is -1.91. The zero-order valence-corrected chi connectivity index (χ0v) is 5.18. The maximum Gasteiger partial charge on any atom is 0.229 e. The van der Waals surface area contributed by atoms with Gasteiger partial charge < -0.3 is 5.73 Å². The predicted molar refractivity (Wildman–Crippen MR) is 33.3 cm³/mol. The van der Waals surface area contributed by atoms with Crippen LogP contribution in [0.2, 0.25) is 0 Å². The largest absolute Gasteiger partial charge is 0.369 e. The van der Waals surface area contributed by atoms with Crippen LogP contribution in [-0.4, -0.2) is 11.7 Å². The number of ketones is 1. The molecule has 0 bridgehead atoms. The zero-order chi connectivity index (χ0) is 7.44. The maximum atomic E-state index is 10.5. The Morgan fingerprint density at radius 2 is 2.00 bits per heavy atom. The van der Waals surface area contributed by atoms with E-state index in [-0.39, 0.29) is 0 Å². The molecule has 0 saturated heterocycles. The van der Waals surface area contributed by atoms with E-state index in [0.717, 1.165) is 6.42 Å². The number of rotatable bonds is 3. The molecule has 0 fully saturated rings. The van der Waals surface area contributed by atoms with Crippen LogP contribution in [0, 0.1) is 6.42 Å². The summed E-state index contributed by atoms with van der Waals surface area (Å²) in [6, 6.07) is 0. The second-order valence-corrected chi connectivity index (χ2v) is 1.69. The summed E-state index contributed by atoms with van der Waals surface area (Å²) in [5, 5.41) is 0. The quantitative estimate of drug-likeness (QED) is 0.421. The van der Waals surface area contributed by atoms with Gasteiger partial charge >= 0.3 is 0 Å². The average molecular weight is 126 g/mol. The van der Waals surface area contributed by atoms with Gasteiger partial charge in [0.15, 0.2) is 5.78 Å². The van der Waals surface area contributed by atoms with Gasteiger partial charge in [0.2, 0.25) is 5.91 Å². The van der Waals surface area contributed by atoms with E-state index in [4.69, 9.17) is 0 Å². The summed E-state index contributed by atoms with van der Waals surface area (Å²) in [6.45, 7) is 4.84. The number of primary amides is 1. The van der Waals surface area contributed by atoms with E-state index >= 15 is 0 Å². The Balaban J connectivity index is 3.79. The third-order valence-corrected chi connectivity index (χ3v) is 0.694. The Labute approximate surface area is 53.5 Å². The van der Waals surface area contributed by atoms with Gasteiger partial charge in [0.1, 0.15) is 6.42 Å². The Morgan fingerprint density at radius 1 is 1.56 bits per heavy atom. The first-order valence-electron chi connectivity index (χ1n) is 2.38. The van der Waals surface area contributed by atoms with Crippen LogP contribution in [0.15, 0.2) is 12.2 Å². The molecule has 0 spiro atoms. The van der Waals surface area contributed by atoms with Crippen LogP contribution in [0.3, 0.4) is 0 Å². The van der Waals surface area contributed by atoms with Gasteiger partial charge in [0.05, 0.1) is 0 Å². The molecule has 1 amide bonds. The van der Waals surface area contributed by atoms with Gasteiger partial charge in [-0.1, -0.05) is 6.58 Å². The molecule has 0 aliphatic rings. The van der Waals surface area contributed by atoms with E-state index < -0.39 is 11.7 Å². The SMILES string of the molecule is C=C(C)C(=O)[CH]C(N)=O. The fourth-order valence-corrected chi connectivity index (χ4v) is 0.252. The molecule has 2 N–H and O–H groups in total. The normalized spacial score (nSPS) is 8.56. The Hall–Kier alpha value is -1.12. The van der Waals surface area contributed by atoms with Crippen LogP contribution in [0.25, 0.3) is 0 Å². The van der Waals surface area contributed by atoms with E-state index in [9.17, 15) is 9.59 Å². The van der Waals surface area contributed by atoms with Crippen molar-refractivity contribution in [2.24, 2.45) is 5.73 Å². The lowest BCUT2D eigenvalue weighted by atomic mass is 10.1. The molecule has 0 aliphatic carbocycles. The number of amides is 1. The zero-order valence-electron chi connectivity index (χ0n) is 5.18. The fraction of sp³-hybridized carbons (Fsp3) is 0.167. The fourth-order valence-electron chi connectivity index (χ4n) is 0.252. The van der Waals surface area contributed by atoms with Crippen molar-refractivity contribution in [1.29, 1.82) is 0 Å². The average Bonchev–Trinajstić information content (AvgIpc) is 1.63. The van der Waals surface area contributed by atoms with E-state index in [0.29, 0.717) is 5.57 Å². The molecule has 3 nitrogen and oxygen atoms in total. The molecule has 9 heavy (non-hydrogen) atoms. The van der Waals surface area contributed by atoms with Crippen molar-refractivity contribution in [1.82, 2.24) is 0 Å². The van der Waals surface area contributed by atoms with Crippen molar-refractivity contribution in [3.05, 3.63) is 18.6 Å². The minimum absolute atomic E-state index is 0.314. The maximum absolute atomic E-state index is 10.5. The van der Waals surface area contributed by atoms with E-state index in [1.165, 1.54) is 6.92 Å². The van der Waals surface area contributed by atoms with Crippen LogP contribution in [0.5, 0.6) is 0 Å². The number of Topliss-reactive ketones (excluding diaryl/α,β-unsaturated/α-hetero) is 1. The highest BCUT2D eigenvalue weighted by Gasteiger charge is 2.05. The van der Waals surface area contributed by atoms with Crippen molar-refractivity contribution < 1.29 is 9.59 Å². The molecule has 0 aromatic carbocycles. The van der Waals surface area contributed by atoms with Crippen molar-refractivity contribution >= 4 is 11.7 Å². The molecule has 0 rings (SSSR count). The number of hydrogen-bond donors (Lipinski definition) is 1. The standard InChI is InChI=1S/C6H8NO2/c1-4(2)5(8)3-6(7)9/h3H,1H2,2H3,(H2,7,9). The first kappa shape index (κ1) is 7.88. The molecule has 0 unspecified atom stereocenters. The molecule has 49 valence electrons. The third-order valence-electron chi connectivity index (χ3n) is 0.694. The lowest BCUT2D eigenvalue weighted by molar-refractivity contribution is -0.119. The molecule has 1 radical (unpaired) electrons. The number of carbonyl (C=O) groups is 2. The highest BCUT2D eigenvalue weighted by molar-refractivity contribution is 6.15. The Morgan fingerprint density at radius 3 is 2.11 bits per heavy atom. The van der Waals surface area contributed by atoms with Crippen molar-refractivity contribution in [3.63, 3.8) is 0 Å². The minimum Gasteiger partial charge on any atom is -0.369 e. The molecule has 0 heterocycles. The van der Waals surface area contributed by atoms with Crippen molar-refractivity contribution in [2.75, 3.05) is 0 Å². The molecule has 3 heteroatoms. The highest BCUT2D eigenvalue weighted by atomic mass is 16.2. The molecule has 0 aromatic heterocycles. The first-order valence-corrected chi connectivity index (χ1v) is 2.38. The van der Waals surface area contributed by atoms with Gasteiger partial charge in [-0.25, -0.2) is 0 Å². The molecule has 0 saturated carbocycles. The van der Waals surface area contributed by atoms with Crippen LogP contribution >= 0.6 is 0 Å². The van der Waals surface area contributed by atoms with E-state index in [2.05, 4.69) is 12.3 Å². The van der Waals surface area contributed by atoms with Crippen LogP contribution < -0.4 is 5.73 Å². The summed E-state index contributed by atoms with van der Waals surface area (Å²) in [6.07, 6.45) is 0.808. The highest BCUT2D eigenvalue weighted by Crippen LogP contribution is 1.91. The summed E-state index contributed by atoms with van der Waals surface area (Å²) in [5.41, 5.74) is 4.99. The van der Waals surface area contributed by atoms with Crippen LogP contribution in [0.1, 0.15) is 6.92 Å². The smallest absolute Gasteiger partial charge is 0.229 e. The number of nitrogens with two attached hydrogens (primary N) is 1. The summed E-state index contributed by atoms with van der Waals surface area (Å²) in [4.78, 5) is 20.5. The Kier molecular flexibility index (Phi) is 2.64. The lowest BCUT2D eigenvalue weighted by Crippen LogP contribution is -2.17. The monoisotopic (exact) mass is 126 g/mol. The number of allylic oxidation sites excluding steroid dienone is 1. The summed E-state index contributed by atoms with van der Waals surface area (Å²) in [5.74, 6) is -1.15. The van der Waals surface area contributed by atoms with Gasteiger partial charge in [-0.05, 0) is 12.5 Å². The van der Waals surface area contributed by atoms with Gasteiger partial charge in [-0.3, -0.25) is 9.59 Å². The number of carbonyl (C=O) groups excluding carboxylic acids is 2. The second-order valence-electron chi connectivity index (χ2n) is 1.69. The van der Waals surface area contributed by atoms with Gasteiger partial charge in [0, 0.05) is 0 Å². The third kappa shape index (κ3) is 3.46. The Bertz CT molecular complexity index is 160. The minimum atomic E-state index is -0.733. The first-order chi connectivity index (χ1) is 4.04. The van der Waals surface area contributed by atoms with Gasteiger partial charge in [-0.15, -0.1) is 0 Å². The molecule has 0 aliphatic heterocycles. The number of hydrogen-bond acceptors (Lipinski definition) is 2. The molecule has 0 atom stereocenters. The molecule has 0 aromatic rings. The molecular weight excluding hydrogens is 118 g/mol. The van der Waals surface area contributed by atoms with E-state index in [1.54, 1.807) is 0 Å². The van der Waals surface area contributed by atoms with Crippen molar-refractivity contribution in [2.45, 2.75) is 6.92 Å². The van der Waals surface area contributed by atoms with Crippen molar-refractivity contribution in [3.8, 4) is 0 Å². The van der Waals surface area contributed by atoms with Crippen LogP contribution in [0.4, 0.5) is 0 Å². The summed E-state index contributed by atoms with van der Waals surface area (Å²) >= 11 is 0. The summed E-state index contributed by atoms with van der Waals surface area (Å²) in [7, 11) is 0. The second kappa shape index (κ2) is 3.02. The predicted octanol–water partition coefficient (Wildman–Crippen LogP) is -0.179.